The molecule has 0 spiro atoms. The summed E-state index contributed by atoms with van der Waals surface area (Å²) in [5.74, 6) is 0.325. The summed E-state index contributed by atoms with van der Waals surface area (Å²) in [6, 6.07) is 3.60. The molecule has 0 bridgehead atoms. The van der Waals surface area contributed by atoms with Crippen LogP contribution in [0.5, 0.6) is 0 Å². The lowest BCUT2D eigenvalue weighted by atomic mass is 10.3. The van der Waals surface area contributed by atoms with Crippen LogP contribution >= 0.6 is 0 Å². The zero-order chi connectivity index (χ0) is 13.0. The summed E-state index contributed by atoms with van der Waals surface area (Å²) >= 11 is 0. The van der Waals surface area contributed by atoms with Crippen LogP contribution in [0, 0.1) is 6.92 Å². The second-order valence-corrected chi connectivity index (χ2v) is 3.59. The average Bonchev–Trinajstić information content (AvgIpc) is 2.73. The Kier molecular flexibility index (Phi) is 3.61. The third-order valence-corrected chi connectivity index (χ3v) is 2.34. The highest BCUT2D eigenvalue weighted by atomic mass is 16.5. The molecule has 0 fully saturated rings. The molecule has 18 heavy (non-hydrogen) atoms. The van der Waals surface area contributed by atoms with Crippen molar-refractivity contribution < 1.29 is 9.53 Å². The monoisotopic (exact) mass is 247 g/mol. The maximum absolute atomic E-state index is 11.7. The van der Waals surface area contributed by atoms with Crippen molar-refractivity contribution in [3.63, 3.8) is 0 Å². The number of ether oxygens (including phenoxy) is 1. The van der Waals surface area contributed by atoms with Crippen molar-refractivity contribution in [2.75, 3.05) is 6.61 Å². The molecule has 0 unspecified atom stereocenters. The van der Waals surface area contributed by atoms with E-state index in [1.54, 1.807) is 30.7 Å². The number of carbonyl (C=O) groups excluding carboxylic acids is 1. The van der Waals surface area contributed by atoms with E-state index in [1.807, 2.05) is 6.07 Å². The number of aromatic nitrogens is 5. The van der Waals surface area contributed by atoms with Gasteiger partial charge in [0.25, 0.3) is 0 Å². The largest absolute Gasteiger partial charge is 0.460 e. The van der Waals surface area contributed by atoms with Crippen LogP contribution in [0.3, 0.4) is 0 Å². The molecule has 2 rings (SSSR count). The molecule has 0 aromatic carbocycles. The second kappa shape index (κ2) is 5.35. The molecule has 7 heteroatoms. The molecule has 94 valence electrons. The van der Waals surface area contributed by atoms with E-state index in [1.165, 1.54) is 0 Å². The van der Waals surface area contributed by atoms with E-state index < -0.39 is 5.97 Å². The van der Waals surface area contributed by atoms with Crippen molar-refractivity contribution in [3.8, 4) is 0 Å². The number of esters is 1. The average molecular weight is 247 g/mol. The number of nitrogens with zero attached hydrogens (tertiary/aromatic N) is 5. The topological polar surface area (TPSA) is 82.8 Å². The summed E-state index contributed by atoms with van der Waals surface area (Å²) in [4.78, 5) is 11.7. The van der Waals surface area contributed by atoms with E-state index in [-0.39, 0.29) is 5.82 Å². The SMILES string of the molecule is CCOC(=O)c1nnc(C)n1Cc1cccnn1. The minimum Gasteiger partial charge on any atom is -0.460 e. The summed E-state index contributed by atoms with van der Waals surface area (Å²) in [5.41, 5.74) is 0.728. The number of aryl methyl sites for hydroxylation is 1. The molecule has 0 aliphatic carbocycles. The van der Waals surface area contributed by atoms with Gasteiger partial charge in [-0.2, -0.15) is 10.2 Å². The van der Waals surface area contributed by atoms with Gasteiger partial charge in [0.2, 0.25) is 5.82 Å². The van der Waals surface area contributed by atoms with E-state index in [2.05, 4.69) is 20.4 Å². The summed E-state index contributed by atoms with van der Waals surface area (Å²) in [5, 5.41) is 15.4. The van der Waals surface area contributed by atoms with Crippen LogP contribution in [0.1, 0.15) is 29.1 Å². The van der Waals surface area contributed by atoms with Crippen molar-refractivity contribution >= 4 is 5.97 Å². The van der Waals surface area contributed by atoms with Crippen LogP contribution < -0.4 is 0 Å². The van der Waals surface area contributed by atoms with E-state index in [9.17, 15) is 4.79 Å². The Balaban J connectivity index is 2.27. The van der Waals surface area contributed by atoms with Gasteiger partial charge >= 0.3 is 5.97 Å². The van der Waals surface area contributed by atoms with Gasteiger partial charge in [0.15, 0.2) is 0 Å². The van der Waals surface area contributed by atoms with Gasteiger partial charge in [-0.25, -0.2) is 4.79 Å². The van der Waals surface area contributed by atoms with Gasteiger partial charge in [0.05, 0.1) is 18.8 Å². The Labute approximate surface area is 104 Å². The third kappa shape index (κ3) is 2.50. The van der Waals surface area contributed by atoms with Crippen molar-refractivity contribution in [1.82, 2.24) is 25.0 Å². The molecule has 0 aliphatic rings. The summed E-state index contributed by atoms with van der Waals surface area (Å²) in [6.07, 6.45) is 1.59. The quantitative estimate of drug-likeness (QED) is 0.736. The maximum atomic E-state index is 11.7. The minimum absolute atomic E-state index is 0.181. The smallest absolute Gasteiger partial charge is 0.376 e. The fourth-order valence-electron chi connectivity index (χ4n) is 1.50. The number of carbonyl (C=O) groups is 1. The summed E-state index contributed by atoms with van der Waals surface area (Å²) in [6.45, 7) is 4.21. The van der Waals surface area contributed by atoms with Crippen molar-refractivity contribution in [3.05, 3.63) is 35.7 Å². The minimum atomic E-state index is -0.484. The fraction of sp³-hybridized carbons (Fsp3) is 0.364. The highest BCUT2D eigenvalue weighted by Crippen LogP contribution is 2.06. The van der Waals surface area contributed by atoms with E-state index in [0.717, 1.165) is 5.69 Å². The van der Waals surface area contributed by atoms with Crippen LogP contribution in [-0.4, -0.2) is 37.5 Å². The lowest BCUT2D eigenvalue weighted by Crippen LogP contribution is -2.15. The lowest BCUT2D eigenvalue weighted by Gasteiger charge is -2.06. The predicted octanol–water partition coefficient (Wildman–Crippen LogP) is 0.602. The van der Waals surface area contributed by atoms with E-state index in [0.29, 0.717) is 19.0 Å². The third-order valence-electron chi connectivity index (χ3n) is 2.34. The van der Waals surface area contributed by atoms with Gasteiger partial charge < -0.3 is 4.74 Å². The Hall–Kier alpha value is -2.31. The molecule has 0 radical (unpaired) electrons. The van der Waals surface area contributed by atoms with E-state index >= 15 is 0 Å². The zero-order valence-electron chi connectivity index (χ0n) is 10.2. The van der Waals surface area contributed by atoms with Gasteiger partial charge in [-0.15, -0.1) is 10.2 Å². The highest BCUT2D eigenvalue weighted by Gasteiger charge is 2.18. The normalized spacial score (nSPS) is 10.3. The standard InChI is InChI=1S/C11H13N5O2/c1-3-18-11(17)10-15-13-8(2)16(10)7-9-5-4-6-12-14-9/h4-6H,3,7H2,1-2H3. The molecule has 7 nitrogen and oxygen atoms in total. The number of rotatable bonds is 4. The molecule has 0 saturated heterocycles. The van der Waals surface area contributed by atoms with Crippen LogP contribution in [0.15, 0.2) is 18.3 Å². The van der Waals surface area contributed by atoms with Gasteiger partial charge in [-0.05, 0) is 26.0 Å². The Morgan fingerprint density at radius 2 is 2.22 bits per heavy atom. The van der Waals surface area contributed by atoms with Crippen LogP contribution in [0.25, 0.3) is 0 Å². The first-order valence-corrected chi connectivity index (χ1v) is 5.56. The first-order chi connectivity index (χ1) is 8.72. The lowest BCUT2D eigenvalue weighted by molar-refractivity contribution is 0.0506. The second-order valence-electron chi connectivity index (χ2n) is 3.59. The van der Waals surface area contributed by atoms with Gasteiger partial charge in [0, 0.05) is 6.20 Å². The number of hydrogen-bond acceptors (Lipinski definition) is 6. The van der Waals surface area contributed by atoms with Gasteiger partial charge in [-0.3, -0.25) is 4.57 Å². The predicted molar refractivity (Wildman–Crippen MR) is 61.8 cm³/mol. The molecule has 2 heterocycles. The summed E-state index contributed by atoms with van der Waals surface area (Å²) < 4.78 is 6.58. The molecule has 0 aliphatic heterocycles. The van der Waals surface area contributed by atoms with E-state index in [4.69, 9.17) is 4.74 Å². The molecular weight excluding hydrogens is 234 g/mol. The molecule has 2 aromatic heterocycles. The number of hydrogen-bond donors (Lipinski definition) is 0. The first-order valence-electron chi connectivity index (χ1n) is 5.56. The zero-order valence-corrected chi connectivity index (χ0v) is 10.2. The van der Waals surface area contributed by atoms with Gasteiger partial charge in [-0.1, -0.05) is 0 Å². The maximum Gasteiger partial charge on any atom is 0.376 e. The molecular formula is C11H13N5O2. The van der Waals surface area contributed by atoms with Crippen LogP contribution in [0.4, 0.5) is 0 Å². The van der Waals surface area contributed by atoms with Crippen molar-refractivity contribution in [2.45, 2.75) is 20.4 Å². The molecule has 0 amide bonds. The molecule has 0 N–H and O–H groups in total. The molecule has 0 atom stereocenters. The van der Waals surface area contributed by atoms with Gasteiger partial charge in [0.1, 0.15) is 5.82 Å². The van der Waals surface area contributed by atoms with Crippen LogP contribution in [-0.2, 0) is 11.3 Å². The Bertz CT molecular complexity index is 538. The van der Waals surface area contributed by atoms with Crippen LogP contribution in [0.2, 0.25) is 0 Å². The molecule has 2 aromatic rings. The highest BCUT2D eigenvalue weighted by molar-refractivity contribution is 5.85. The molecule has 0 saturated carbocycles. The fourth-order valence-corrected chi connectivity index (χ4v) is 1.50. The Morgan fingerprint density at radius 1 is 1.39 bits per heavy atom. The van der Waals surface area contributed by atoms with Crippen molar-refractivity contribution in [1.29, 1.82) is 0 Å². The summed E-state index contributed by atoms with van der Waals surface area (Å²) in [7, 11) is 0. The van der Waals surface area contributed by atoms with Crippen molar-refractivity contribution in [2.24, 2.45) is 0 Å². The first kappa shape index (κ1) is 12.2. The Morgan fingerprint density at radius 3 is 2.89 bits per heavy atom.